The Morgan fingerprint density at radius 3 is 2.58 bits per heavy atom. The zero-order valence-electron chi connectivity index (χ0n) is 18.0. The van der Waals surface area contributed by atoms with Gasteiger partial charge in [-0.2, -0.15) is 5.10 Å². The molecule has 4 aromatic rings. The van der Waals surface area contributed by atoms with Crippen molar-refractivity contribution in [2.45, 2.75) is 45.1 Å². The van der Waals surface area contributed by atoms with Crippen molar-refractivity contribution in [2.24, 2.45) is 0 Å². The molecule has 31 heavy (non-hydrogen) atoms. The number of aryl methyl sites for hydroxylation is 1. The molecule has 158 valence electrons. The van der Waals surface area contributed by atoms with E-state index >= 15 is 0 Å². The normalized spacial score (nSPS) is 12.8. The summed E-state index contributed by atoms with van der Waals surface area (Å²) in [5.74, 6) is -0.234. The van der Waals surface area contributed by atoms with Gasteiger partial charge in [0.15, 0.2) is 0 Å². The van der Waals surface area contributed by atoms with Crippen LogP contribution < -0.4 is 0 Å². The summed E-state index contributed by atoms with van der Waals surface area (Å²) in [4.78, 5) is 21.6. The molecule has 0 aliphatic carbocycles. The van der Waals surface area contributed by atoms with Gasteiger partial charge >= 0.3 is 0 Å². The van der Waals surface area contributed by atoms with Gasteiger partial charge in [-0.15, -0.1) is 0 Å². The third-order valence-electron chi connectivity index (χ3n) is 5.50. The van der Waals surface area contributed by atoms with Crippen LogP contribution in [-0.2, 0) is 11.2 Å². The molecule has 0 aliphatic rings. The Morgan fingerprint density at radius 1 is 1.10 bits per heavy atom. The monoisotopic (exact) mass is 414 g/mol. The molecular formula is C25H26N4O2. The summed E-state index contributed by atoms with van der Waals surface area (Å²) in [6.45, 7) is 5.43. The standard InChI is InChI=1S/C25H26N4O2/c1-17-11-21(9-10-26-17)29-24-16-27-20(12-19(24)15-28-29)13-22(30)14-23(25(2,3)31)18-7-5-4-6-8-18/h4-12,15-16,23,31H,13-14H2,1-3H3/t23-/m0/s1. The first-order chi connectivity index (χ1) is 14.8. The number of fused-ring (bicyclic) bond motifs is 1. The largest absolute Gasteiger partial charge is 0.390 e. The number of rotatable bonds is 7. The van der Waals surface area contributed by atoms with E-state index in [-0.39, 0.29) is 24.5 Å². The van der Waals surface area contributed by atoms with Gasteiger partial charge in [-0.3, -0.25) is 14.8 Å². The van der Waals surface area contributed by atoms with Crippen molar-refractivity contribution in [1.29, 1.82) is 0 Å². The zero-order chi connectivity index (χ0) is 22.0. The number of Topliss-reactive ketones (excluding diaryl/α,β-unsaturated/α-hetero) is 1. The molecule has 1 aromatic carbocycles. The van der Waals surface area contributed by atoms with Gasteiger partial charge in [-0.1, -0.05) is 30.3 Å². The molecule has 0 spiro atoms. The van der Waals surface area contributed by atoms with Gasteiger partial charge in [0.2, 0.25) is 0 Å². The predicted octanol–water partition coefficient (Wildman–Crippen LogP) is 4.18. The molecule has 3 heterocycles. The van der Waals surface area contributed by atoms with Crippen LogP contribution in [0.25, 0.3) is 16.6 Å². The summed E-state index contributed by atoms with van der Waals surface area (Å²) < 4.78 is 1.82. The second-order valence-corrected chi connectivity index (χ2v) is 8.48. The quantitative estimate of drug-likeness (QED) is 0.491. The zero-order valence-corrected chi connectivity index (χ0v) is 18.0. The maximum atomic E-state index is 12.9. The molecule has 0 saturated heterocycles. The first-order valence-electron chi connectivity index (χ1n) is 10.4. The number of benzene rings is 1. The first kappa shape index (κ1) is 20.9. The molecule has 0 saturated carbocycles. The minimum Gasteiger partial charge on any atom is -0.390 e. The van der Waals surface area contributed by atoms with Crippen molar-refractivity contribution in [2.75, 3.05) is 0 Å². The molecule has 0 radical (unpaired) electrons. The summed E-state index contributed by atoms with van der Waals surface area (Å²) in [6.07, 6.45) is 5.76. The van der Waals surface area contributed by atoms with E-state index in [9.17, 15) is 9.90 Å². The number of aliphatic hydroxyl groups is 1. The number of carbonyl (C=O) groups is 1. The van der Waals surface area contributed by atoms with Crippen molar-refractivity contribution in [3.8, 4) is 5.69 Å². The second kappa shape index (κ2) is 8.40. The van der Waals surface area contributed by atoms with E-state index in [0.29, 0.717) is 5.69 Å². The number of hydrogen-bond donors (Lipinski definition) is 1. The maximum Gasteiger partial charge on any atom is 0.139 e. The summed E-state index contributed by atoms with van der Waals surface area (Å²) in [5.41, 5.74) is 3.37. The Hall–Kier alpha value is -3.38. The van der Waals surface area contributed by atoms with Gasteiger partial charge < -0.3 is 5.11 Å². The second-order valence-electron chi connectivity index (χ2n) is 8.48. The van der Waals surface area contributed by atoms with E-state index < -0.39 is 5.60 Å². The molecule has 1 atom stereocenters. The molecule has 6 nitrogen and oxygen atoms in total. The fourth-order valence-electron chi connectivity index (χ4n) is 3.90. The smallest absolute Gasteiger partial charge is 0.139 e. The van der Waals surface area contributed by atoms with Gasteiger partial charge in [0.1, 0.15) is 5.78 Å². The molecule has 0 bridgehead atoms. The van der Waals surface area contributed by atoms with E-state index in [0.717, 1.165) is 27.8 Å². The van der Waals surface area contributed by atoms with Crippen LogP contribution in [-0.4, -0.2) is 36.2 Å². The minimum atomic E-state index is -1.00. The summed E-state index contributed by atoms with van der Waals surface area (Å²) >= 11 is 0. The van der Waals surface area contributed by atoms with E-state index in [1.165, 1.54) is 0 Å². The Bertz CT molecular complexity index is 1210. The maximum absolute atomic E-state index is 12.9. The van der Waals surface area contributed by atoms with Crippen molar-refractivity contribution in [1.82, 2.24) is 19.7 Å². The average Bonchev–Trinajstić information content (AvgIpc) is 3.15. The van der Waals surface area contributed by atoms with Crippen molar-refractivity contribution >= 4 is 16.7 Å². The molecule has 0 unspecified atom stereocenters. The summed E-state index contributed by atoms with van der Waals surface area (Å²) in [6, 6.07) is 15.5. The third-order valence-corrected chi connectivity index (χ3v) is 5.50. The Labute approximate surface area is 181 Å². The van der Waals surface area contributed by atoms with Gasteiger partial charge in [0.05, 0.1) is 29.2 Å². The van der Waals surface area contributed by atoms with Crippen LogP contribution in [0.2, 0.25) is 0 Å². The van der Waals surface area contributed by atoms with Crippen LogP contribution in [0.5, 0.6) is 0 Å². The van der Waals surface area contributed by atoms with Crippen LogP contribution in [0.15, 0.2) is 67.1 Å². The van der Waals surface area contributed by atoms with Crippen molar-refractivity contribution in [3.05, 3.63) is 84.1 Å². The molecule has 6 heteroatoms. The topological polar surface area (TPSA) is 80.9 Å². The van der Waals surface area contributed by atoms with Crippen LogP contribution >= 0.6 is 0 Å². The Morgan fingerprint density at radius 2 is 1.87 bits per heavy atom. The van der Waals surface area contributed by atoms with E-state index in [1.54, 1.807) is 32.4 Å². The van der Waals surface area contributed by atoms with E-state index in [4.69, 9.17) is 0 Å². The van der Waals surface area contributed by atoms with Crippen molar-refractivity contribution in [3.63, 3.8) is 0 Å². The first-order valence-corrected chi connectivity index (χ1v) is 10.4. The van der Waals surface area contributed by atoms with Crippen LogP contribution in [0.4, 0.5) is 0 Å². The highest BCUT2D eigenvalue weighted by Gasteiger charge is 2.30. The number of carbonyl (C=O) groups excluding carboxylic acids is 1. The van der Waals surface area contributed by atoms with E-state index in [1.807, 2.05) is 60.1 Å². The lowest BCUT2D eigenvalue weighted by atomic mass is 9.80. The minimum absolute atomic E-state index is 0.0416. The lowest BCUT2D eigenvalue weighted by molar-refractivity contribution is -0.120. The summed E-state index contributed by atoms with van der Waals surface area (Å²) in [5, 5.41) is 16.0. The van der Waals surface area contributed by atoms with Crippen LogP contribution in [0.1, 0.15) is 43.1 Å². The van der Waals surface area contributed by atoms with Gasteiger partial charge in [0.25, 0.3) is 0 Å². The predicted molar refractivity (Wildman–Crippen MR) is 120 cm³/mol. The fraction of sp³-hybridized carbons (Fsp3) is 0.280. The number of ketones is 1. The van der Waals surface area contributed by atoms with Gasteiger partial charge in [-0.05, 0) is 44.5 Å². The highest BCUT2D eigenvalue weighted by molar-refractivity contribution is 5.84. The molecular weight excluding hydrogens is 388 g/mol. The number of nitrogens with zero attached hydrogens (tertiary/aromatic N) is 4. The lowest BCUT2D eigenvalue weighted by Crippen LogP contribution is -2.31. The molecule has 0 fully saturated rings. The van der Waals surface area contributed by atoms with Crippen molar-refractivity contribution < 1.29 is 9.90 Å². The highest BCUT2D eigenvalue weighted by Crippen LogP contribution is 2.32. The highest BCUT2D eigenvalue weighted by atomic mass is 16.3. The van der Waals surface area contributed by atoms with Crippen LogP contribution in [0, 0.1) is 6.92 Å². The van der Waals surface area contributed by atoms with Crippen LogP contribution in [0.3, 0.4) is 0 Å². The number of aromatic nitrogens is 4. The Balaban J connectivity index is 1.54. The lowest BCUT2D eigenvalue weighted by Gasteiger charge is -2.29. The number of pyridine rings is 2. The fourth-order valence-corrected chi connectivity index (χ4v) is 3.90. The average molecular weight is 415 g/mol. The van der Waals surface area contributed by atoms with Gasteiger partial charge in [-0.25, -0.2) is 4.68 Å². The molecule has 3 aromatic heterocycles. The number of hydrogen-bond acceptors (Lipinski definition) is 5. The SMILES string of the molecule is Cc1cc(-n2ncc3cc(CC(=O)C[C@@H](c4ccccc4)C(C)(C)O)ncc32)ccn1. The summed E-state index contributed by atoms with van der Waals surface area (Å²) in [7, 11) is 0. The molecule has 4 rings (SSSR count). The molecule has 0 amide bonds. The molecule has 1 N–H and O–H groups in total. The Kier molecular flexibility index (Phi) is 5.65. The molecule has 0 aliphatic heterocycles. The van der Waals surface area contributed by atoms with E-state index in [2.05, 4.69) is 15.1 Å². The van der Waals surface area contributed by atoms with Gasteiger partial charge in [0, 0.05) is 41.7 Å². The third kappa shape index (κ3) is 4.70.